The molecule has 0 radical (unpaired) electrons. The van der Waals surface area contributed by atoms with Gasteiger partial charge in [0.1, 0.15) is 11.6 Å². The van der Waals surface area contributed by atoms with Crippen LogP contribution in [0, 0.1) is 5.82 Å². The fraction of sp³-hybridized carbons (Fsp3) is 0.278. The molecule has 5 heteroatoms. The third-order valence-electron chi connectivity index (χ3n) is 4.01. The predicted octanol–water partition coefficient (Wildman–Crippen LogP) is 2.66. The second-order valence-electron chi connectivity index (χ2n) is 5.69. The molecule has 1 atom stereocenters. The van der Waals surface area contributed by atoms with Crippen LogP contribution in [0.2, 0.25) is 0 Å². The molecule has 1 aliphatic rings. The number of amides is 1. The summed E-state index contributed by atoms with van der Waals surface area (Å²) in [6.45, 7) is 1.26. The van der Waals surface area contributed by atoms with Crippen LogP contribution in [0.25, 0.3) is 0 Å². The molecule has 1 aliphatic heterocycles. The largest absolute Gasteiger partial charge is 0.337 e. The summed E-state index contributed by atoms with van der Waals surface area (Å²) < 4.78 is 25.0. The fourth-order valence-electron chi connectivity index (χ4n) is 2.76. The Morgan fingerprint density at radius 2 is 1.78 bits per heavy atom. The average Bonchev–Trinajstić information content (AvgIpc) is 2.56. The molecule has 0 aromatic heterocycles. The zero-order chi connectivity index (χ0) is 16.2. The zero-order valence-electron chi connectivity index (χ0n) is 12.7. The molecular weight excluding hydrogens is 313 g/mol. The summed E-state index contributed by atoms with van der Waals surface area (Å²) in [6.07, 6.45) is 0.840. The first-order valence-corrected chi connectivity index (χ1v) is 9.04. The summed E-state index contributed by atoms with van der Waals surface area (Å²) in [5.74, 6) is -0.113. The lowest BCUT2D eigenvalue weighted by Gasteiger charge is -2.28. The van der Waals surface area contributed by atoms with Crippen molar-refractivity contribution in [2.45, 2.75) is 18.7 Å². The maximum Gasteiger partial charge on any atom is 0.235 e. The summed E-state index contributed by atoms with van der Waals surface area (Å²) in [7, 11) is -1.28. The van der Waals surface area contributed by atoms with E-state index in [0.29, 0.717) is 13.1 Å². The Bertz CT molecular complexity index is 730. The minimum absolute atomic E-state index is 0.0134. The SMILES string of the molecule is O=C(C[S@@](=O)Cc1ccc(F)cc1)N1CCc2ccccc2C1. The van der Waals surface area contributed by atoms with Crippen molar-refractivity contribution in [1.29, 1.82) is 0 Å². The van der Waals surface area contributed by atoms with Crippen molar-refractivity contribution in [2.24, 2.45) is 0 Å². The number of carbonyl (C=O) groups is 1. The quantitative estimate of drug-likeness (QED) is 0.864. The lowest BCUT2D eigenvalue weighted by Crippen LogP contribution is -2.38. The predicted molar refractivity (Wildman–Crippen MR) is 88.7 cm³/mol. The lowest BCUT2D eigenvalue weighted by molar-refractivity contribution is -0.129. The number of hydrogen-bond donors (Lipinski definition) is 0. The van der Waals surface area contributed by atoms with Crippen LogP contribution in [0.4, 0.5) is 4.39 Å². The fourth-order valence-corrected chi connectivity index (χ4v) is 3.88. The molecule has 120 valence electrons. The van der Waals surface area contributed by atoms with Gasteiger partial charge in [0.2, 0.25) is 5.91 Å². The van der Waals surface area contributed by atoms with E-state index in [1.807, 2.05) is 18.2 Å². The first kappa shape index (κ1) is 15.9. The normalized spacial score (nSPS) is 15.1. The molecule has 0 bridgehead atoms. The van der Waals surface area contributed by atoms with Gasteiger partial charge in [0.25, 0.3) is 0 Å². The molecule has 0 fully saturated rings. The molecule has 23 heavy (non-hydrogen) atoms. The molecule has 0 saturated carbocycles. The number of nitrogens with zero attached hydrogens (tertiary/aromatic N) is 1. The van der Waals surface area contributed by atoms with E-state index in [-0.39, 0.29) is 23.2 Å². The van der Waals surface area contributed by atoms with Gasteiger partial charge in [0, 0.05) is 29.6 Å². The van der Waals surface area contributed by atoms with E-state index >= 15 is 0 Å². The highest BCUT2D eigenvalue weighted by molar-refractivity contribution is 7.84. The highest BCUT2D eigenvalue weighted by Crippen LogP contribution is 2.18. The number of halogens is 1. The summed E-state index contributed by atoms with van der Waals surface area (Å²) in [6, 6.07) is 14.0. The molecule has 0 spiro atoms. The number of carbonyl (C=O) groups excluding carboxylic acids is 1. The summed E-state index contributed by atoms with van der Waals surface area (Å²) >= 11 is 0. The van der Waals surface area contributed by atoms with Crippen molar-refractivity contribution in [3.8, 4) is 0 Å². The number of hydrogen-bond acceptors (Lipinski definition) is 2. The highest BCUT2D eigenvalue weighted by Gasteiger charge is 2.21. The van der Waals surface area contributed by atoms with Crippen LogP contribution in [-0.4, -0.2) is 27.3 Å². The van der Waals surface area contributed by atoms with Crippen LogP contribution in [0.5, 0.6) is 0 Å². The molecule has 1 amide bonds. The van der Waals surface area contributed by atoms with Gasteiger partial charge in [-0.25, -0.2) is 4.39 Å². The van der Waals surface area contributed by atoms with Crippen LogP contribution in [-0.2, 0) is 34.3 Å². The Morgan fingerprint density at radius 1 is 1.09 bits per heavy atom. The standard InChI is InChI=1S/C18H18FNO2S/c19-17-7-5-14(6-8-17)12-23(22)13-18(21)20-10-9-15-3-1-2-4-16(15)11-20/h1-8H,9-13H2/t23-/m0/s1. The highest BCUT2D eigenvalue weighted by atomic mass is 32.2. The van der Waals surface area contributed by atoms with Crippen molar-refractivity contribution >= 4 is 16.7 Å². The maximum atomic E-state index is 12.9. The van der Waals surface area contributed by atoms with Crippen molar-refractivity contribution in [3.63, 3.8) is 0 Å². The van der Waals surface area contributed by atoms with Gasteiger partial charge < -0.3 is 4.90 Å². The van der Waals surface area contributed by atoms with Crippen LogP contribution in [0.1, 0.15) is 16.7 Å². The van der Waals surface area contributed by atoms with Gasteiger partial charge in [-0.2, -0.15) is 0 Å². The van der Waals surface area contributed by atoms with Crippen LogP contribution >= 0.6 is 0 Å². The Labute approximate surface area is 137 Å². The molecule has 0 N–H and O–H groups in total. The van der Waals surface area contributed by atoms with Gasteiger partial charge in [0.15, 0.2) is 0 Å². The average molecular weight is 331 g/mol. The van der Waals surface area contributed by atoms with Gasteiger partial charge in [-0.15, -0.1) is 0 Å². The summed E-state index contributed by atoms with van der Waals surface area (Å²) in [5.41, 5.74) is 3.22. The van der Waals surface area contributed by atoms with E-state index < -0.39 is 10.8 Å². The summed E-state index contributed by atoms with van der Waals surface area (Å²) in [5, 5.41) is 0. The third-order valence-corrected chi connectivity index (χ3v) is 5.23. The number of rotatable bonds is 4. The Kier molecular flexibility index (Phi) is 4.86. The van der Waals surface area contributed by atoms with Gasteiger partial charge in [-0.3, -0.25) is 9.00 Å². The van der Waals surface area contributed by atoms with Gasteiger partial charge in [-0.05, 0) is 35.2 Å². The van der Waals surface area contributed by atoms with Crippen molar-refractivity contribution < 1.29 is 13.4 Å². The number of benzene rings is 2. The van der Waals surface area contributed by atoms with E-state index in [2.05, 4.69) is 6.07 Å². The smallest absolute Gasteiger partial charge is 0.235 e. The van der Waals surface area contributed by atoms with Gasteiger partial charge in [-0.1, -0.05) is 36.4 Å². The lowest BCUT2D eigenvalue weighted by atomic mass is 10.00. The maximum absolute atomic E-state index is 12.9. The van der Waals surface area contributed by atoms with Gasteiger partial charge >= 0.3 is 0 Å². The Balaban J connectivity index is 1.57. The first-order valence-electron chi connectivity index (χ1n) is 7.56. The van der Waals surface area contributed by atoms with Crippen molar-refractivity contribution in [1.82, 2.24) is 4.90 Å². The molecule has 3 rings (SSSR count). The van der Waals surface area contributed by atoms with Crippen molar-refractivity contribution in [2.75, 3.05) is 12.3 Å². The minimum Gasteiger partial charge on any atom is -0.337 e. The third kappa shape index (κ3) is 4.05. The van der Waals surface area contributed by atoms with E-state index in [1.165, 1.54) is 17.7 Å². The van der Waals surface area contributed by atoms with Gasteiger partial charge in [0.05, 0.1) is 0 Å². The minimum atomic E-state index is -1.28. The zero-order valence-corrected chi connectivity index (χ0v) is 13.5. The monoisotopic (exact) mass is 331 g/mol. The molecule has 0 saturated heterocycles. The van der Waals surface area contributed by atoms with E-state index in [1.54, 1.807) is 17.0 Å². The van der Waals surface area contributed by atoms with Crippen molar-refractivity contribution in [3.05, 3.63) is 71.0 Å². The molecule has 0 aliphatic carbocycles. The molecule has 2 aromatic rings. The second kappa shape index (κ2) is 7.04. The van der Waals surface area contributed by atoms with E-state index in [9.17, 15) is 13.4 Å². The van der Waals surface area contributed by atoms with Crippen LogP contribution < -0.4 is 0 Å². The Morgan fingerprint density at radius 3 is 2.52 bits per heavy atom. The summed E-state index contributed by atoms with van der Waals surface area (Å²) in [4.78, 5) is 14.1. The van der Waals surface area contributed by atoms with Crippen LogP contribution in [0.3, 0.4) is 0 Å². The second-order valence-corrected chi connectivity index (χ2v) is 7.15. The number of fused-ring (bicyclic) bond motifs is 1. The molecular formula is C18H18FNO2S. The Hall–Kier alpha value is -2.01. The molecule has 0 unspecified atom stereocenters. The molecule has 3 nitrogen and oxygen atoms in total. The molecule has 2 aromatic carbocycles. The van der Waals surface area contributed by atoms with E-state index in [0.717, 1.165) is 17.5 Å². The van der Waals surface area contributed by atoms with E-state index in [4.69, 9.17) is 0 Å². The van der Waals surface area contributed by atoms with Crippen LogP contribution in [0.15, 0.2) is 48.5 Å². The first-order chi connectivity index (χ1) is 11.1. The molecule has 1 heterocycles. The topological polar surface area (TPSA) is 37.4 Å².